The molecule has 0 aliphatic heterocycles. The van der Waals surface area contributed by atoms with Crippen LogP contribution in [0.1, 0.15) is 33.3 Å². The van der Waals surface area contributed by atoms with E-state index >= 15 is 0 Å². The monoisotopic (exact) mass is 210 g/mol. The lowest BCUT2D eigenvalue weighted by molar-refractivity contribution is 1.20. The van der Waals surface area contributed by atoms with Gasteiger partial charge in [0.2, 0.25) is 0 Å². The highest BCUT2D eigenvalue weighted by atomic mass is 32.1. The molecule has 0 saturated carbocycles. The smallest absolute Gasteiger partial charge is 0.105 e. The number of fused-ring (bicyclic) bond motifs is 1. The maximum Gasteiger partial charge on any atom is 0.105 e. The largest absolute Gasteiger partial charge is 0.138 e. The summed E-state index contributed by atoms with van der Waals surface area (Å²) in [7, 11) is 0. The molecule has 0 N–H and O–H groups in total. The fourth-order valence-corrected chi connectivity index (χ4v) is 1.54. The molecule has 2 rings (SSSR count). The van der Waals surface area contributed by atoms with Crippen LogP contribution in [-0.2, 0) is 0 Å². The van der Waals surface area contributed by atoms with Gasteiger partial charge in [-0.15, -0.1) is 5.10 Å². The molecule has 0 amide bonds. The highest BCUT2D eigenvalue weighted by molar-refractivity contribution is 7.12. The maximum atomic E-state index is 3.93. The summed E-state index contributed by atoms with van der Waals surface area (Å²) >= 11 is 1.44. The van der Waals surface area contributed by atoms with Crippen molar-refractivity contribution in [2.24, 2.45) is 0 Å². The maximum absolute atomic E-state index is 3.93. The van der Waals surface area contributed by atoms with Gasteiger partial charge in [0, 0.05) is 0 Å². The molecule has 0 fully saturated rings. The summed E-state index contributed by atoms with van der Waals surface area (Å²) in [5.41, 5.74) is 2.26. The van der Waals surface area contributed by atoms with Gasteiger partial charge < -0.3 is 0 Å². The number of nitrogens with zero attached hydrogens (tertiary/aromatic N) is 2. The normalized spacial score (nSPS) is 8.36. The van der Waals surface area contributed by atoms with Crippen molar-refractivity contribution in [1.29, 1.82) is 0 Å². The van der Waals surface area contributed by atoms with Crippen molar-refractivity contribution in [3.63, 3.8) is 0 Å². The zero-order valence-corrected chi connectivity index (χ0v) is 10.4. The number of rotatable bonds is 0. The standard InChI is InChI=1S/C7H6N2S.2C2H6/c1-5-2-3-6-7(4-5)10-9-8-6;2*1-2/h2-4H,1H3;2*1-2H3. The molecule has 3 heteroatoms. The molecule has 0 aliphatic carbocycles. The first-order chi connectivity index (χ1) is 6.86. The van der Waals surface area contributed by atoms with E-state index in [0.717, 1.165) is 5.52 Å². The van der Waals surface area contributed by atoms with Crippen LogP contribution in [0.25, 0.3) is 10.2 Å². The molecule has 0 spiro atoms. The van der Waals surface area contributed by atoms with Gasteiger partial charge in [0.05, 0.1) is 4.70 Å². The third-order valence-corrected chi connectivity index (χ3v) is 2.09. The van der Waals surface area contributed by atoms with Crippen LogP contribution in [0.5, 0.6) is 0 Å². The molecule has 78 valence electrons. The van der Waals surface area contributed by atoms with Crippen LogP contribution in [-0.4, -0.2) is 9.59 Å². The Balaban J connectivity index is 0.000000379. The molecule has 0 atom stereocenters. The van der Waals surface area contributed by atoms with Gasteiger partial charge in [0.15, 0.2) is 0 Å². The minimum Gasteiger partial charge on any atom is -0.138 e. The van der Waals surface area contributed by atoms with Crippen LogP contribution in [0.3, 0.4) is 0 Å². The Labute approximate surface area is 90.1 Å². The van der Waals surface area contributed by atoms with E-state index in [1.165, 1.54) is 21.8 Å². The average Bonchev–Trinajstić information content (AvgIpc) is 2.71. The van der Waals surface area contributed by atoms with Gasteiger partial charge in [-0.1, -0.05) is 38.2 Å². The van der Waals surface area contributed by atoms with Crippen LogP contribution < -0.4 is 0 Å². The quantitative estimate of drug-likeness (QED) is 0.655. The van der Waals surface area contributed by atoms with Crippen molar-refractivity contribution in [2.75, 3.05) is 0 Å². The van der Waals surface area contributed by atoms with E-state index in [0.29, 0.717) is 0 Å². The van der Waals surface area contributed by atoms with Crippen LogP contribution in [0.15, 0.2) is 18.2 Å². The molecule has 0 bridgehead atoms. The van der Waals surface area contributed by atoms with Gasteiger partial charge in [0.25, 0.3) is 0 Å². The molecule has 14 heavy (non-hydrogen) atoms. The Morgan fingerprint density at radius 2 is 1.71 bits per heavy atom. The molecule has 0 radical (unpaired) electrons. The second-order valence-electron chi connectivity index (χ2n) is 2.24. The van der Waals surface area contributed by atoms with Crippen molar-refractivity contribution < 1.29 is 0 Å². The van der Waals surface area contributed by atoms with E-state index in [9.17, 15) is 0 Å². The summed E-state index contributed by atoms with van der Waals surface area (Å²) in [6, 6.07) is 6.14. The summed E-state index contributed by atoms with van der Waals surface area (Å²) in [4.78, 5) is 0. The minimum absolute atomic E-state index is 0.996. The molecule has 1 aromatic carbocycles. The van der Waals surface area contributed by atoms with E-state index in [1.54, 1.807) is 0 Å². The lowest BCUT2D eigenvalue weighted by Gasteiger charge is -1.87. The van der Waals surface area contributed by atoms with Gasteiger partial charge >= 0.3 is 0 Å². The highest BCUT2D eigenvalue weighted by Gasteiger charge is 1.95. The molecule has 1 aromatic heterocycles. The fourth-order valence-electron chi connectivity index (χ4n) is 0.885. The number of hydrogen-bond acceptors (Lipinski definition) is 3. The Hall–Kier alpha value is -0.960. The van der Waals surface area contributed by atoms with E-state index in [4.69, 9.17) is 0 Å². The third-order valence-electron chi connectivity index (χ3n) is 1.40. The molecule has 2 nitrogen and oxygen atoms in total. The molecule has 1 heterocycles. The topological polar surface area (TPSA) is 25.8 Å². The van der Waals surface area contributed by atoms with Crippen LogP contribution >= 0.6 is 11.5 Å². The van der Waals surface area contributed by atoms with Gasteiger partial charge in [-0.05, 0) is 36.2 Å². The number of aryl methyl sites for hydroxylation is 1. The second-order valence-corrected chi connectivity index (χ2v) is 3.03. The van der Waals surface area contributed by atoms with Crippen molar-refractivity contribution in [2.45, 2.75) is 34.6 Å². The average molecular weight is 210 g/mol. The number of hydrogen-bond donors (Lipinski definition) is 0. The van der Waals surface area contributed by atoms with Crippen LogP contribution in [0.2, 0.25) is 0 Å². The molecule has 0 saturated heterocycles. The van der Waals surface area contributed by atoms with Crippen molar-refractivity contribution in [3.05, 3.63) is 23.8 Å². The molecular weight excluding hydrogens is 192 g/mol. The number of aromatic nitrogens is 2. The predicted octanol–water partition coefficient (Wildman–Crippen LogP) is 4.05. The minimum atomic E-state index is 0.996. The lowest BCUT2D eigenvalue weighted by Crippen LogP contribution is -1.69. The van der Waals surface area contributed by atoms with Gasteiger partial charge in [-0.25, -0.2) is 0 Å². The second kappa shape index (κ2) is 7.44. The van der Waals surface area contributed by atoms with Crippen molar-refractivity contribution >= 4 is 21.7 Å². The SMILES string of the molecule is CC.CC.Cc1ccc2nnsc2c1. The summed E-state index contributed by atoms with van der Waals surface area (Å²) in [5.74, 6) is 0. The Morgan fingerprint density at radius 3 is 2.36 bits per heavy atom. The molecule has 0 unspecified atom stereocenters. The predicted molar refractivity (Wildman–Crippen MR) is 64.8 cm³/mol. The van der Waals surface area contributed by atoms with E-state index in [-0.39, 0.29) is 0 Å². The Bertz CT molecular complexity index is 355. The summed E-state index contributed by atoms with van der Waals surface area (Å²) in [6.45, 7) is 10.1. The summed E-state index contributed by atoms with van der Waals surface area (Å²) in [5, 5.41) is 3.93. The Morgan fingerprint density at radius 1 is 1.07 bits per heavy atom. The first-order valence-electron chi connectivity index (χ1n) is 5.05. The molecule has 2 aromatic rings. The molecular formula is C11H18N2S. The van der Waals surface area contributed by atoms with Crippen LogP contribution in [0, 0.1) is 6.92 Å². The zero-order chi connectivity index (χ0) is 11.0. The first kappa shape index (κ1) is 13.0. The first-order valence-corrected chi connectivity index (χ1v) is 5.82. The van der Waals surface area contributed by atoms with Gasteiger partial charge in [0.1, 0.15) is 5.52 Å². The Kier molecular flexibility index (Phi) is 6.93. The van der Waals surface area contributed by atoms with Crippen molar-refractivity contribution in [1.82, 2.24) is 9.59 Å². The fraction of sp³-hybridized carbons (Fsp3) is 0.455. The van der Waals surface area contributed by atoms with E-state index < -0.39 is 0 Å². The molecule has 0 aliphatic rings. The zero-order valence-electron chi connectivity index (χ0n) is 9.53. The summed E-state index contributed by atoms with van der Waals surface area (Å²) < 4.78 is 5.00. The highest BCUT2D eigenvalue weighted by Crippen LogP contribution is 2.15. The van der Waals surface area contributed by atoms with E-state index in [1.807, 2.05) is 39.8 Å². The third kappa shape index (κ3) is 3.42. The van der Waals surface area contributed by atoms with Gasteiger partial charge in [-0.2, -0.15) is 0 Å². The van der Waals surface area contributed by atoms with Gasteiger partial charge in [-0.3, -0.25) is 0 Å². The van der Waals surface area contributed by atoms with Crippen molar-refractivity contribution in [3.8, 4) is 0 Å². The lowest BCUT2D eigenvalue weighted by atomic mass is 10.2. The van der Waals surface area contributed by atoms with E-state index in [2.05, 4.69) is 22.6 Å². The van der Waals surface area contributed by atoms with Crippen LogP contribution in [0.4, 0.5) is 0 Å². The summed E-state index contributed by atoms with van der Waals surface area (Å²) in [6.07, 6.45) is 0. The number of benzene rings is 1.